The number of halogens is 2. The Balaban J connectivity index is 1.43. The van der Waals surface area contributed by atoms with E-state index < -0.39 is 17.6 Å². The number of hydrogen-bond donors (Lipinski definition) is 1. The Labute approximate surface area is 157 Å². The van der Waals surface area contributed by atoms with E-state index in [0.717, 1.165) is 38.5 Å². The van der Waals surface area contributed by atoms with Gasteiger partial charge in [-0.1, -0.05) is 12.8 Å². The summed E-state index contributed by atoms with van der Waals surface area (Å²) in [6, 6.07) is 2.57. The Hall–Kier alpha value is -2.18. The van der Waals surface area contributed by atoms with Crippen LogP contribution in [0, 0.1) is 17.6 Å². The molecule has 7 heteroatoms. The molecule has 1 aromatic rings. The first-order chi connectivity index (χ1) is 13.0. The summed E-state index contributed by atoms with van der Waals surface area (Å²) in [4.78, 5) is 28.3. The van der Waals surface area contributed by atoms with Crippen molar-refractivity contribution in [2.45, 2.75) is 51.0 Å². The molecule has 0 bridgehead atoms. The van der Waals surface area contributed by atoms with E-state index in [-0.39, 0.29) is 35.7 Å². The van der Waals surface area contributed by atoms with E-state index in [2.05, 4.69) is 5.32 Å². The van der Waals surface area contributed by atoms with Crippen LogP contribution < -0.4 is 10.2 Å². The van der Waals surface area contributed by atoms with Crippen LogP contribution in [0.5, 0.6) is 0 Å². The van der Waals surface area contributed by atoms with E-state index >= 15 is 0 Å². The van der Waals surface area contributed by atoms with Gasteiger partial charge in [-0.25, -0.2) is 8.78 Å². The molecular weight excluding hydrogens is 352 g/mol. The van der Waals surface area contributed by atoms with Gasteiger partial charge in [0.25, 0.3) is 0 Å². The molecule has 1 saturated carbocycles. The van der Waals surface area contributed by atoms with E-state index in [0.29, 0.717) is 19.6 Å². The largest absolute Gasteiger partial charge is 0.367 e. The summed E-state index contributed by atoms with van der Waals surface area (Å²) in [5, 5.41) is 2.60. The van der Waals surface area contributed by atoms with Gasteiger partial charge in [-0.3, -0.25) is 9.59 Å². The topological polar surface area (TPSA) is 52.7 Å². The molecule has 1 atom stereocenters. The third kappa shape index (κ3) is 3.64. The maximum atomic E-state index is 14.4. The van der Waals surface area contributed by atoms with E-state index in [4.69, 9.17) is 0 Å². The minimum absolute atomic E-state index is 0.00351. The van der Waals surface area contributed by atoms with Gasteiger partial charge >= 0.3 is 0 Å². The zero-order valence-corrected chi connectivity index (χ0v) is 15.3. The highest BCUT2D eigenvalue weighted by Crippen LogP contribution is 2.32. The zero-order chi connectivity index (χ0) is 19.0. The quantitative estimate of drug-likeness (QED) is 0.876. The number of carbonyl (C=O) groups is 2. The highest BCUT2D eigenvalue weighted by Gasteiger charge is 2.38. The molecule has 0 radical (unpaired) electrons. The number of likely N-dealkylation sites (tertiary alicyclic amines) is 1. The van der Waals surface area contributed by atoms with Crippen LogP contribution in [0.2, 0.25) is 0 Å². The maximum Gasteiger partial charge on any atom is 0.229 e. The number of nitrogens with one attached hydrogen (secondary N) is 1. The first-order valence-electron chi connectivity index (χ1n) is 9.87. The average Bonchev–Trinajstić information content (AvgIpc) is 3.35. The predicted octanol–water partition coefficient (Wildman–Crippen LogP) is 3.29. The fourth-order valence-corrected chi connectivity index (χ4v) is 4.60. The van der Waals surface area contributed by atoms with E-state index in [9.17, 15) is 18.4 Å². The zero-order valence-electron chi connectivity index (χ0n) is 15.3. The van der Waals surface area contributed by atoms with Gasteiger partial charge < -0.3 is 15.1 Å². The first-order valence-corrected chi connectivity index (χ1v) is 9.87. The van der Waals surface area contributed by atoms with Crippen molar-refractivity contribution in [3.63, 3.8) is 0 Å². The lowest BCUT2D eigenvalue weighted by atomic mass is 10.1. The lowest BCUT2D eigenvalue weighted by Gasteiger charge is -2.24. The van der Waals surface area contributed by atoms with Crippen molar-refractivity contribution in [2.75, 3.05) is 29.9 Å². The SMILES string of the molecule is O=C(Nc1cc(F)c(N2CCCC2)c(F)c1)C1CC(=O)N(C2CCCC2)C1. The van der Waals surface area contributed by atoms with Gasteiger partial charge in [0.15, 0.2) is 11.6 Å². The van der Waals surface area contributed by atoms with Crippen molar-refractivity contribution >= 4 is 23.2 Å². The molecule has 5 nitrogen and oxygen atoms in total. The minimum Gasteiger partial charge on any atom is -0.367 e. The Kier molecular flexibility index (Phi) is 5.02. The van der Waals surface area contributed by atoms with Crippen LogP contribution in [0.4, 0.5) is 20.2 Å². The van der Waals surface area contributed by atoms with Crippen LogP contribution in [-0.2, 0) is 9.59 Å². The number of rotatable bonds is 4. The third-order valence-electron chi connectivity index (χ3n) is 6.00. The second-order valence-corrected chi connectivity index (χ2v) is 7.86. The van der Waals surface area contributed by atoms with Crippen LogP contribution in [0.15, 0.2) is 12.1 Å². The number of nitrogens with zero attached hydrogens (tertiary/aromatic N) is 2. The molecule has 0 spiro atoms. The molecule has 1 N–H and O–H groups in total. The maximum absolute atomic E-state index is 14.4. The summed E-state index contributed by atoms with van der Waals surface area (Å²) in [5.74, 6) is -2.15. The van der Waals surface area contributed by atoms with E-state index in [1.54, 1.807) is 4.90 Å². The van der Waals surface area contributed by atoms with Crippen LogP contribution in [-0.4, -0.2) is 42.4 Å². The molecule has 1 aliphatic carbocycles. The summed E-state index contributed by atoms with van der Waals surface area (Å²) in [6.07, 6.45) is 6.23. The van der Waals surface area contributed by atoms with Crippen molar-refractivity contribution in [3.05, 3.63) is 23.8 Å². The smallest absolute Gasteiger partial charge is 0.229 e. The van der Waals surface area contributed by atoms with E-state index in [1.165, 1.54) is 12.1 Å². The number of hydrogen-bond acceptors (Lipinski definition) is 3. The highest BCUT2D eigenvalue weighted by atomic mass is 19.1. The predicted molar refractivity (Wildman–Crippen MR) is 98.5 cm³/mol. The molecule has 2 aliphatic heterocycles. The molecular formula is C20H25F2N3O2. The van der Waals surface area contributed by atoms with Gasteiger partial charge in [0.05, 0.1) is 5.92 Å². The molecule has 1 unspecified atom stereocenters. The second-order valence-electron chi connectivity index (χ2n) is 7.86. The standard InChI is InChI=1S/C20H25F2N3O2/c21-16-10-14(11-17(22)19(16)24-7-3-4-8-24)23-20(27)13-9-18(26)25(12-13)15-5-1-2-6-15/h10-11,13,15H,1-9,12H2,(H,23,27). The van der Waals surface area contributed by atoms with Gasteiger partial charge in [0.1, 0.15) is 5.69 Å². The molecule has 146 valence electrons. The highest BCUT2D eigenvalue weighted by molar-refractivity contribution is 5.97. The van der Waals surface area contributed by atoms with Crippen LogP contribution >= 0.6 is 0 Å². The van der Waals surface area contributed by atoms with Gasteiger partial charge in [-0.05, 0) is 37.8 Å². The molecule has 2 amide bonds. The molecule has 2 saturated heterocycles. The van der Waals surface area contributed by atoms with Crippen LogP contribution in [0.3, 0.4) is 0 Å². The van der Waals surface area contributed by atoms with E-state index in [1.807, 2.05) is 4.90 Å². The fraction of sp³-hybridized carbons (Fsp3) is 0.600. The number of carbonyl (C=O) groups excluding carboxylic acids is 2. The van der Waals surface area contributed by atoms with Gasteiger partial charge in [-0.15, -0.1) is 0 Å². The summed E-state index contributed by atoms with van der Waals surface area (Å²) >= 11 is 0. The van der Waals surface area contributed by atoms with Crippen molar-refractivity contribution in [1.29, 1.82) is 0 Å². The molecule has 4 rings (SSSR count). The lowest BCUT2D eigenvalue weighted by molar-refractivity contribution is -0.129. The summed E-state index contributed by atoms with van der Waals surface area (Å²) in [5.41, 5.74) is 0.0821. The summed E-state index contributed by atoms with van der Waals surface area (Å²) in [6.45, 7) is 1.67. The Morgan fingerprint density at radius 1 is 1.04 bits per heavy atom. The molecule has 2 heterocycles. The Morgan fingerprint density at radius 3 is 2.30 bits per heavy atom. The second kappa shape index (κ2) is 7.44. The van der Waals surface area contributed by atoms with Gasteiger partial charge in [-0.2, -0.15) is 0 Å². The molecule has 0 aromatic heterocycles. The normalized spacial score (nSPS) is 23.5. The molecule has 3 aliphatic rings. The Bertz CT molecular complexity index is 720. The number of anilines is 2. The summed E-state index contributed by atoms with van der Waals surface area (Å²) < 4.78 is 28.8. The fourth-order valence-electron chi connectivity index (χ4n) is 4.60. The Morgan fingerprint density at radius 2 is 1.67 bits per heavy atom. The third-order valence-corrected chi connectivity index (χ3v) is 6.00. The van der Waals surface area contributed by atoms with Gasteiger partial charge in [0, 0.05) is 37.8 Å². The number of amides is 2. The van der Waals surface area contributed by atoms with Crippen molar-refractivity contribution in [1.82, 2.24) is 4.90 Å². The van der Waals surface area contributed by atoms with Crippen LogP contribution in [0.25, 0.3) is 0 Å². The molecule has 27 heavy (non-hydrogen) atoms. The minimum atomic E-state index is -0.665. The number of benzene rings is 1. The lowest BCUT2D eigenvalue weighted by Crippen LogP contribution is -2.35. The molecule has 1 aromatic carbocycles. The molecule has 3 fully saturated rings. The monoisotopic (exact) mass is 377 g/mol. The average molecular weight is 377 g/mol. The summed E-state index contributed by atoms with van der Waals surface area (Å²) in [7, 11) is 0. The van der Waals surface area contributed by atoms with Crippen molar-refractivity contribution in [3.8, 4) is 0 Å². The van der Waals surface area contributed by atoms with Crippen molar-refractivity contribution < 1.29 is 18.4 Å². The first kappa shape index (κ1) is 18.2. The van der Waals surface area contributed by atoms with Gasteiger partial charge in [0.2, 0.25) is 11.8 Å². The van der Waals surface area contributed by atoms with Crippen molar-refractivity contribution in [2.24, 2.45) is 5.92 Å². The van der Waals surface area contributed by atoms with Crippen LogP contribution in [0.1, 0.15) is 44.9 Å².